The summed E-state index contributed by atoms with van der Waals surface area (Å²) in [5.74, 6) is -1.39. The maximum Gasteiger partial charge on any atom is 0.338 e. The Morgan fingerprint density at radius 2 is 1.90 bits per heavy atom. The Morgan fingerprint density at radius 3 is 2.60 bits per heavy atom. The number of hydrazine groups is 1. The van der Waals surface area contributed by atoms with Gasteiger partial charge < -0.3 is 19.7 Å². The van der Waals surface area contributed by atoms with Crippen LogP contribution in [-0.2, 0) is 19.1 Å². The van der Waals surface area contributed by atoms with Crippen molar-refractivity contribution in [1.29, 1.82) is 0 Å². The van der Waals surface area contributed by atoms with Crippen molar-refractivity contribution in [3.63, 3.8) is 0 Å². The van der Waals surface area contributed by atoms with E-state index < -0.39 is 36.0 Å². The van der Waals surface area contributed by atoms with E-state index in [4.69, 9.17) is 9.47 Å². The van der Waals surface area contributed by atoms with Gasteiger partial charge in [-0.05, 0) is 51.8 Å². The monoisotopic (exact) mass is 420 g/mol. The molecule has 0 bridgehead atoms. The Balaban J connectivity index is 1.93. The maximum absolute atomic E-state index is 12.6. The van der Waals surface area contributed by atoms with Crippen molar-refractivity contribution in [2.24, 2.45) is 0 Å². The van der Waals surface area contributed by atoms with Crippen molar-refractivity contribution in [3.8, 4) is 0 Å². The van der Waals surface area contributed by atoms with Crippen molar-refractivity contribution >= 4 is 29.6 Å². The smallest absolute Gasteiger partial charge is 0.338 e. The van der Waals surface area contributed by atoms with Crippen molar-refractivity contribution < 1.29 is 28.7 Å². The van der Waals surface area contributed by atoms with Gasteiger partial charge in [0.1, 0.15) is 12.1 Å². The zero-order chi connectivity index (χ0) is 22.1. The van der Waals surface area contributed by atoms with Gasteiger partial charge >= 0.3 is 18.0 Å². The number of likely N-dealkylation sites (tertiary alicyclic amines) is 1. The molecule has 0 radical (unpaired) electrons. The molecule has 0 spiro atoms. The molecule has 164 valence electrons. The van der Waals surface area contributed by atoms with E-state index in [9.17, 15) is 19.2 Å². The molecule has 30 heavy (non-hydrogen) atoms. The molecule has 0 saturated carbocycles. The second-order valence-electron chi connectivity index (χ2n) is 6.69. The first-order valence-electron chi connectivity index (χ1n) is 9.94. The van der Waals surface area contributed by atoms with Gasteiger partial charge in [-0.15, -0.1) is 0 Å². The molecule has 1 aromatic rings. The van der Waals surface area contributed by atoms with E-state index in [1.807, 2.05) is 0 Å². The fraction of sp³-hybridized carbons (Fsp3) is 0.500. The fourth-order valence-electron chi connectivity index (χ4n) is 3.03. The largest absolute Gasteiger partial charge is 0.464 e. The normalized spacial score (nSPS) is 16.4. The molecule has 10 heteroatoms. The molecule has 1 aliphatic rings. The average molecular weight is 420 g/mol. The standard InChI is InChI=1S/C20H28N4O6/c1-4-29-18(26)13(3)21-20(28)24-11-7-10-16(24)17(25)23-22-15-9-6-8-14(12-15)19(27)30-5-2/h6,8-9,12-13,16,22H,4-5,7,10-11H2,1-3H3,(H,21,28)(H,23,25). The van der Waals surface area contributed by atoms with Crippen molar-refractivity contribution in [2.45, 2.75) is 45.7 Å². The Morgan fingerprint density at radius 1 is 1.17 bits per heavy atom. The van der Waals surface area contributed by atoms with E-state index in [-0.39, 0.29) is 13.2 Å². The van der Waals surface area contributed by atoms with E-state index >= 15 is 0 Å². The van der Waals surface area contributed by atoms with E-state index in [1.54, 1.807) is 38.1 Å². The third-order valence-electron chi connectivity index (χ3n) is 4.50. The summed E-state index contributed by atoms with van der Waals surface area (Å²) in [5.41, 5.74) is 6.17. The first-order chi connectivity index (χ1) is 14.4. The Labute approximate surface area is 175 Å². The number of hydrogen-bond donors (Lipinski definition) is 3. The number of carbonyl (C=O) groups is 4. The molecule has 3 N–H and O–H groups in total. The van der Waals surface area contributed by atoms with Crippen LogP contribution in [0.25, 0.3) is 0 Å². The van der Waals surface area contributed by atoms with Gasteiger partial charge in [-0.1, -0.05) is 6.07 Å². The van der Waals surface area contributed by atoms with Crippen LogP contribution in [-0.4, -0.2) is 60.6 Å². The summed E-state index contributed by atoms with van der Waals surface area (Å²) < 4.78 is 9.83. The third kappa shape index (κ3) is 6.10. The first-order valence-corrected chi connectivity index (χ1v) is 9.94. The minimum atomic E-state index is -0.814. The van der Waals surface area contributed by atoms with Crippen molar-refractivity contribution in [1.82, 2.24) is 15.6 Å². The van der Waals surface area contributed by atoms with E-state index in [2.05, 4.69) is 16.2 Å². The van der Waals surface area contributed by atoms with Crippen molar-refractivity contribution in [2.75, 3.05) is 25.2 Å². The van der Waals surface area contributed by atoms with Gasteiger partial charge in [0, 0.05) is 6.54 Å². The molecule has 1 fully saturated rings. The average Bonchev–Trinajstić information content (AvgIpc) is 3.22. The minimum Gasteiger partial charge on any atom is -0.464 e. The molecule has 2 atom stereocenters. The zero-order valence-corrected chi connectivity index (χ0v) is 17.4. The number of carbonyl (C=O) groups excluding carboxylic acids is 4. The molecule has 0 aromatic heterocycles. The summed E-state index contributed by atoms with van der Waals surface area (Å²) in [6, 6.07) is 4.51. The highest BCUT2D eigenvalue weighted by atomic mass is 16.5. The Hall–Kier alpha value is -3.30. The van der Waals surface area contributed by atoms with Gasteiger partial charge in [0.15, 0.2) is 0 Å². The van der Waals surface area contributed by atoms with Crippen LogP contribution >= 0.6 is 0 Å². The number of ether oxygens (including phenoxy) is 2. The summed E-state index contributed by atoms with van der Waals surface area (Å²) >= 11 is 0. The van der Waals surface area contributed by atoms with Crippen LogP contribution < -0.4 is 16.2 Å². The Kier molecular flexibility index (Phi) is 8.45. The summed E-state index contributed by atoms with van der Waals surface area (Å²) in [4.78, 5) is 50.0. The lowest BCUT2D eigenvalue weighted by molar-refractivity contribution is -0.144. The van der Waals surface area contributed by atoms with E-state index in [1.165, 1.54) is 11.8 Å². The quantitative estimate of drug-likeness (QED) is 0.429. The lowest BCUT2D eigenvalue weighted by Crippen LogP contribution is -2.53. The molecule has 0 aliphatic carbocycles. The highest BCUT2D eigenvalue weighted by molar-refractivity contribution is 5.91. The van der Waals surface area contributed by atoms with E-state index in [0.29, 0.717) is 30.6 Å². The molecular formula is C20H28N4O6. The molecule has 2 rings (SSSR count). The van der Waals surface area contributed by atoms with Crippen LogP contribution in [0.15, 0.2) is 24.3 Å². The van der Waals surface area contributed by atoms with Crippen LogP contribution in [0, 0.1) is 0 Å². The molecule has 1 heterocycles. The summed E-state index contributed by atoms with van der Waals surface area (Å²) in [6.07, 6.45) is 1.16. The number of amides is 3. The third-order valence-corrected chi connectivity index (χ3v) is 4.50. The van der Waals surface area contributed by atoms with Crippen LogP contribution in [0.2, 0.25) is 0 Å². The summed E-state index contributed by atoms with van der Waals surface area (Å²) in [5, 5.41) is 2.56. The van der Waals surface area contributed by atoms with Gasteiger partial charge in [-0.25, -0.2) is 14.4 Å². The second-order valence-corrected chi connectivity index (χ2v) is 6.69. The first kappa shape index (κ1) is 23.0. The molecule has 3 amide bonds. The van der Waals surface area contributed by atoms with Crippen LogP contribution in [0.4, 0.5) is 10.5 Å². The number of anilines is 1. The predicted molar refractivity (Wildman–Crippen MR) is 109 cm³/mol. The second kappa shape index (κ2) is 11.0. The van der Waals surface area contributed by atoms with Crippen LogP contribution in [0.1, 0.15) is 44.0 Å². The van der Waals surface area contributed by atoms with Gasteiger partial charge in [-0.2, -0.15) is 0 Å². The lowest BCUT2D eigenvalue weighted by atomic mass is 10.2. The topological polar surface area (TPSA) is 126 Å². The number of rotatable bonds is 8. The number of urea groups is 1. The molecule has 2 unspecified atom stereocenters. The molecular weight excluding hydrogens is 392 g/mol. The lowest BCUT2D eigenvalue weighted by Gasteiger charge is -2.25. The highest BCUT2D eigenvalue weighted by Crippen LogP contribution is 2.18. The van der Waals surface area contributed by atoms with Gasteiger partial charge in [0.2, 0.25) is 0 Å². The highest BCUT2D eigenvalue weighted by Gasteiger charge is 2.35. The van der Waals surface area contributed by atoms with Crippen LogP contribution in [0.5, 0.6) is 0 Å². The number of nitrogens with zero attached hydrogens (tertiary/aromatic N) is 1. The summed E-state index contributed by atoms with van der Waals surface area (Å²) in [7, 11) is 0. The molecule has 1 aliphatic heterocycles. The summed E-state index contributed by atoms with van der Waals surface area (Å²) in [6.45, 7) is 5.81. The zero-order valence-electron chi connectivity index (χ0n) is 17.4. The molecule has 10 nitrogen and oxygen atoms in total. The van der Waals surface area contributed by atoms with Gasteiger partial charge in [0.05, 0.1) is 24.5 Å². The van der Waals surface area contributed by atoms with Crippen LogP contribution in [0.3, 0.4) is 0 Å². The van der Waals surface area contributed by atoms with Gasteiger partial charge in [-0.3, -0.25) is 15.6 Å². The maximum atomic E-state index is 12.6. The van der Waals surface area contributed by atoms with Gasteiger partial charge in [0.25, 0.3) is 5.91 Å². The molecule has 1 saturated heterocycles. The Bertz CT molecular complexity index is 784. The SMILES string of the molecule is CCOC(=O)c1cccc(NNC(=O)C2CCCN2C(=O)NC(C)C(=O)OCC)c1. The number of benzene rings is 1. The van der Waals surface area contributed by atoms with Crippen molar-refractivity contribution in [3.05, 3.63) is 29.8 Å². The minimum absolute atomic E-state index is 0.219. The molecule has 1 aromatic carbocycles. The number of esters is 2. The number of nitrogens with one attached hydrogen (secondary N) is 3. The predicted octanol–water partition coefficient (Wildman–Crippen LogP) is 1.43. The van der Waals surface area contributed by atoms with E-state index in [0.717, 1.165) is 0 Å². The number of hydrogen-bond acceptors (Lipinski definition) is 7. The fourth-order valence-corrected chi connectivity index (χ4v) is 3.03.